The maximum absolute atomic E-state index is 11.9. The molecule has 0 unspecified atom stereocenters. The third-order valence-corrected chi connectivity index (χ3v) is 3.41. The van der Waals surface area contributed by atoms with Crippen molar-refractivity contribution in [2.24, 2.45) is 0 Å². The van der Waals surface area contributed by atoms with E-state index < -0.39 is 0 Å². The summed E-state index contributed by atoms with van der Waals surface area (Å²) in [5, 5.41) is 6.57. The van der Waals surface area contributed by atoms with Crippen LogP contribution in [0.1, 0.15) is 6.42 Å². The van der Waals surface area contributed by atoms with E-state index in [-0.39, 0.29) is 5.91 Å². The minimum Gasteiger partial charge on any atom is -0.493 e. The summed E-state index contributed by atoms with van der Waals surface area (Å²) in [6.07, 6.45) is 0.334. The van der Waals surface area contributed by atoms with Crippen molar-refractivity contribution in [3.63, 3.8) is 0 Å². The number of halogens is 1. The maximum atomic E-state index is 11.9. The van der Waals surface area contributed by atoms with Crippen LogP contribution < -0.4 is 20.1 Å². The number of ether oxygens (including phenoxy) is 2. The normalized spacial score (nSPS) is 10.0. The van der Waals surface area contributed by atoms with Crippen molar-refractivity contribution in [1.82, 2.24) is 0 Å². The molecule has 2 aromatic rings. The summed E-state index contributed by atoms with van der Waals surface area (Å²) in [6, 6.07) is 12.6. The van der Waals surface area contributed by atoms with Gasteiger partial charge in [0.05, 0.1) is 14.2 Å². The number of anilines is 2. The fourth-order valence-electron chi connectivity index (χ4n) is 2.06. The minimum absolute atomic E-state index is 0.0831. The summed E-state index contributed by atoms with van der Waals surface area (Å²) in [4.78, 5) is 11.9. The second kappa shape index (κ2) is 8.29. The predicted molar refractivity (Wildman–Crippen MR) is 92.7 cm³/mol. The highest BCUT2D eigenvalue weighted by Crippen LogP contribution is 2.29. The molecule has 0 saturated heterocycles. The first-order valence-electron chi connectivity index (χ1n) is 7.13. The minimum atomic E-state index is -0.0831. The molecular weight excluding hydrogens is 316 g/mol. The van der Waals surface area contributed by atoms with E-state index in [2.05, 4.69) is 10.6 Å². The van der Waals surface area contributed by atoms with Gasteiger partial charge in [0.2, 0.25) is 5.91 Å². The lowest BCUT2D eigenvalue weighted by atomic mass is 10.2. The summed E-state index contributed by atoms with van der Waals surface area (Å²) in [5.41, 5.74) is 1.55. The zero-order valence-electron chi connectivity index (χ0n) is 13.1. The second-order valence-corrected chi connectivity index (χ2v) is 5.24. The van der Waals surface area contributed by atoms with Crippen LogP contribution in [0.25, 0.3) is 0 Å². The van der Waals surface area contributed by atoms with Crippen molar-refractivity contribution >= 4 is 28.9 Å². The van der Waals surface area contributed by atoms with Crippen LogP contribution in [0.2, 0.25) is 5.02 Å². The molecule has 0 saturated carbocycles. The predicted octanol–water partition coefficient (Wildman–Crippen LogP) is 3.80. The molecular formula is C17H19ClN2O3. The lowest BCUT2D eigenvalue weighted by Gasteiger charge is -2.11. The second-order valence-electron chi connectivity index (χ2n) is 4.81. The van der Waals surface area contributed by atoms with Crippen LogP contribution >= 0.6 is 11.6 Å². The van der Waals surface area contributed by atoms with Crippen molar-refractivity contribution in [2.45, 2.75) is 6.42 Å². The largest absolute Gasteiger partial charge is 0.493 e. The molecule has 0 aliphatic heterocycles. The molecule has 2 aromatic carbocycles. The lowest BCUT2D eigenvalue weighted by Crippen LogP contribution is -2.16. The molecule has 0 spiro atoms. The van der Waals surface area contributed by atoms with Crippen LogP contribution in [0, 0.1) is 0 Å². The van der Waals surface area contributed by atoms with E-state index in [1.807, 2.05) is 18.2 Å². The Labute approximate surface area is 140 Å². The van der Waals surface area contributed by atoms with E-state index in [1.54, 1.807) is 38.5 Å². The highest BCUT2D eigenvalue weighted by Gasteiger charge is 2.06. The molecule has 0 heterocycles. The van der Waals surface area contributed by atoms with Crippen LogP contribution in [0.4, 0.5) is 11.4 Å². The van der Waals surface area contributed by atoms with Gasteiger partial charge in [-0.3, -0.25) is 4.79 Å². The summed E-state index contributed by atoms with van der Waals surface area (Å²) < 4.78 is 10.4. The summed E-state index contributed by atoms with van der Waals surface area (Å²) >= 11 is 5.88. The van der Waals surface area contributed by atoms with Crippen LogP contribution in [-0.2, 0) is 4.79 Å². The fourth-order valence-corrected chi connectivity index (χ4v) is 2.25. The number of amides is 1. The number of benzene rings is 2. The number of carbonyl (C=O) groups excluding carboxylic acids is 1. The van der Waals surface area contributed by atoms with Gasteiger partial charge in [-0.2, -0.15) is 0 Å². The number of rotatable bonds is 7. The van der Waals surface area contributed by atoms with Gasteiger partial charge >= 0.3 is 0 Å². The van der Waals surface area contributed by atoms with Gasteiger partial charge in [0.25, 0.3) is 0 Å². The average molecular weight is 335 g/mol. The SMILES string of the molecule is COc1ccc(NCCC(=O)Nc2cccc(Cl)c2)cc1OC. The van der Waals surface area contributed by atoms with Crippen molar-refractivity contribution in [3.8, 4) is 11.5 Å². The van der Waals surface area contributed by atoms with Crippen molar-refractivity contribution in [1.29, 1.82) is 0 Å². The molecule has 0 aromatic heterocycles. The smallest absolute Gasteiger partial charge is 0.226 e. The van der Waals surface area contributed by atoms with Gasteiger partial charge in [0.1, 0.15) is 0 Å². The lowest BCUT2D eigenvalue weighted by molar-refractivity contribution is -0.115. The summed E-state index contributed by atoms with van der Waals surface area (Å²) in [5.74, 6) is 1.22. The van der Waals surface area contributed by atoms with E-state index in [1.165, 1.54) is 0 Å². The topological polar surface area (TPSA) is 59.6 Å². The van der Waals surface area contributed by atoms with Crippen molar-refractivity contribution in [2.75, 3.05) is 31.4 Å². The average Bonchev–Trinajstić information content (AvgIpc) is 2.54. The van der Waals surface area contributed by atoms with Gasteiger partial charge in [-0.15, -0.1) is 0 Å². The molecule has 5 nitrogen and oxygen atoms in total. The van der Waals surface area contributed by atoms with Gasteiger partial charge < -0.3 is 20.1 Å². The summed E-state index contributed by atoms with van der Waals surface area (Å²) in [6.45, 7) is 0.502. The first-order chi connectivity index (χ1) is 11.1. The van der Waals surface area contributed by atoms with Crippen LogP contribution in [-0.4, -0.2) is 26.7 Å². The molecule has 2 N–H and O–H groups in total. The first kappa shape index (κ1) is 17.0. The molecule has 0 aliphatic carbocycles. The zero-order chi connectivity index (χ0) is 16.7. The van der Waals surface area contributed by atoms with Gasteiger partial charge in [-0.1, -0.05) is 17.7 Å². The van der Waals surface area contributed by atoms with Gasteiger partial charge in [-0.05, 0) is 30.3 Å². The Hall–Kier alpha value is -2.40. The van der Waals surface area contributed by atoms with E-state index >= 15 is 0 Å². The van der Waals surface area contributed by atoms with Crippen molar-refractivity contribution in [3.05, 3.63) is 47.5 Å². The Kier molecular flexibility index (Phi) is 6.11. The summed E-state index contributed by atoms with van der Waals surface area (Å²) in [7, 11) is 3.17. The molecule has 6 heteroatoms. The zero-order valence-corrected chi connectivity index (χ0v) is 13.8. The first-order valence-corrected chi connectivity index (χ1v) is 7.51. The molecule has 0 aliphatic rings. The molecule has 2 rings (SSSR count). The molecule has 0 fully saturated rings. The highest BCUT2D eigenvalue weighted by atomic mass is 35.5. The fraction of sp³-hybridized carbons (Fsp3) is 0.235. The van der Waals surface area contributed by atoms with Crippen LogP contribution in [0.3, 0.4) is 0 Å². The Bertz CT molecular complexity index is 677. The Morgan fingerprint density at radius 3 is 2.52 bits per heavy atom. The highest BCUT2D eigenvalue weighted by molar-refractivity contribution is 6.30. The van der Waals surface area contributed by atoms with Crippen molar-refractivity contribution < 1.29 is 14.3 Å². The number of hydrogen-bond donors (Lipinski definition) is 2. The van der Waals surface area contributed by atoms with Gasteiger partial charge in [0.15, 0.2) is 11.5 Å². The van der Waals surface area contributed by atoms with E-state index in [0.717, 1.165) is 5.69 Å². The number of nitrogens with one attached hydrogen (secondary N) is 2. The Morgan fingerprint density at radius 1 is 1.04 bits per heavy atom. The van der Waals surface area contributed by atoms with Gasteiger partial charge in [-0.25, -0.2) is 0 Å². The standard InChI is InChI=1S/C17H19ClN2O3/c1-22-15-7-6-13(11-16(15)23-2)19-9-8-17(21)20-14-5-3-4-12(18)10-14/h3-7,10-11,19H,8-9H2,1-2H3,(H,20,21). The molecule has 0 atom stereocenters. The maximum Gasteiger partial charge on any atom is 0.226 e. The van der Waals surface area contributed by atoms with E-state index in [9.17, 15) is 4.79 Å². The van der Waals surface area contributed by atoms with E-state index in [4.69, 9.17) is 21.1 Å². The van der Waals surface area contributed by atoms with E-state index in [0.29, 0.717) is 35.2 Å². The number of hydrogen-bond acceptors (Lipinski definition) is 4. The van der Waals surface area contributed by atoms with Crippen LogP contribution in [0.5, 0.6) is 11.5 Å². The molecule has 23 heavy (non-hydrogen) atoms. The quantitative estimate of drug-likeness (QED) is 0.808. The number of carbonyl (C=O) groups is 1. The Morgan fingerprint density at radius 2 is 1.83 bits per heavy atom. The van der Waals surface area contributed by atoms with Crippen LogP contribution in [0.15, 0.2) is 42.5 Å². The van der Waals surface area contributed by atoms with Gasteiger partial charge in [0, 0.05) is 35.4 Å². The molecule has 0 radical (unpaired) electrons. The Balaban J connectivity index is 1.83. The molecule has 122 valence electrons. The third-order valence-electron chi connectivity index (χ3n) is 3.17. The molecule has 1 amide bonds. The monoisotopic (exact) mass is 334 g/mol. The third kappa shape index (κ3) is 5.07. The molecule has 0 bridgehead atoms. The number of methoxy groups -OCH3 is 2.